The van der Waals surface area contributed by atoms with Gasteiger partial charge in [0, 0.05) is 24.0 Å². The summed E-state index contributed by atoms with van der Waals surface area (Å²) < 4.78 is 0. The van der Waals surface area contributed by atoms with E-state index in [1.54, 1.807) is 31.2 Å². The molecular formula is C16H18O4. The predicted octanol–water partition coefficient (Wildman–Crippen LogP) is 3.19. The van der Waals surface area contributed by atoms with Gasteiger partial charge >= 0.3 is 0 Å². The second-order valence-corrected chi connectivity index (χ2v) is 5.13. The second-order valence-electron chi connectivity index (χ2n) is 5.13. The van der Waals surface area contributed by atoms with Crippen LogP contribution in [0.5, 0.6) is 5.75 Å². The lowest BCUT2D eigenvalue weighted by atomic mass is 9.88. The molecule has 0 heterocycles. The molecule has 1 atom stereocenters. The van der Waals surface area contributed by atoms with Gasteiger partial charge in [-0.3, -0.25) is 4.79 Å². The summed E-state index contributed by atoms with van der Waals surface area (Å²) in [6.45, 7) is 1.78. The van der Waals surface area contributed by atoms with Crippen LogP contribution in [0.1, 0.15) is 25.3 Å². The zero-order valence-electron chi connectivity index (χ0n) is 11.3. The highest BCUT2D eigenvalue weighted by Gasteiger charge is 2.24. The first-order valence-corrected chi connectivity index (χ1v) is 6.61. The van der Waals surface area contributed by atoms with Crippen LogP contribution in [0.15, 0.2) is 47.4 Å². The fourth-order valence-corrected chi connectivity index (χ4v) is 2.22. The number of aliphatic hydroxyl groups excluding tert-OH is 2. The minimum Gasteiger partial charge on any atom is -0.512 e. The van der Waals surface area contributed by atoms with Crippen LogP contribution < -0.4 is 0 Å². The zero-order chi connectivity index (χ0) is 14.7. The molecule has 2 rings (SSSR count). The van der Waals surface area contributed by atoms with Gasteiger partial charge in [0.2, 0.25) is 0 Å². The largest absolute Gasteiger partial charge is 0.512 e. The molecule has 0 bridgehead atoms. The van der Waals surface area contributed by atoms with Gasteiger partial charge < -0.3 is 15.3 Å². The molecule has 1 aliphatic rings. The average Bonchev–Trinajstić information content (AvgIpc) is 2.42. The van der Waals surface area contributed by atoms with Gasteiger partial charge in [0.05, 0.1) is 5.76 Å². The number of aromatic hydroxyl groups is 1. The minimum atomic E-state index is -0.211. The number of ketones is 1. The summed E-state index contributed by atoms with van der Waals surface area (Å²) in [5, 5.41) is 29.0. The monoisotopic (exact) mass is 274 g/mol. The maximum absolute atomic E-state index is 11.4. The van der Waals surface area contributed by atoms with E-state index in [-0.39, 0.29) is 29.0 Å². The molecule has 1 unspecified atom stereocenters. The van der Waals surface area contributed by atoms with E-state index in [1.165, 1.54) is 6.08 Å². The van der Waals surface area contributed by atoms with E-state index in [0.717, 1.165) is 5.56 Å². The predicted molar refractivity (Wildman–Crippen MR) is 75.6 cm³/mol. The van der Waals surface area contributed by atoms with Crippen molar-refractivity contribution in [1.82, 2.24) is 0 Å². The minimum absolute atomic E-state index is 0.113. The molecule has 4 heteroatoms. The van der Waals surface area contributed by atoms with E-state index in [1.807, 2.05) is 0 Å². The van der Waals surface area contributed by atoms with Gasteiger partial charge in [-0.05, 0) is 30.5 Å². The Morgan fingerprint density at radius 1 is 1.25 bits per heavy atom. The van der Waals surface area contributed by atoms with Crippen molar-refractivity contribution < 1.29 is 20.1 Å². The third-order valence-electron chi connectivity index (χ3n) is 3.52. The highest BCUT2D eigenvalue weighted by molar-refractivity contribution is 5.94. The summed E-state index contributed by atoms with van der Waals surface area (Å²) in [7, 11) is 0. The summed E-state index contributed by atoms with van der Waals surface area (Å²) in [6, 6.07) is 6.77. The lowest BCUT2D eigenvalue weighted by Crippen LogP contribution is -2.17. The number of phenolic OH excluding ortho intramolecular Hbond substituents is 1. The molecule has 0 radical (unpaired) electrons. The highest BCUT2D eigenvalue weighted by Crippen LogP contribution is 2.28. The number of aliphatic hydroxyl groups is 2. The summed E-state index contributed by atoms with van der Waals surface area (Å²) in [5.41, 5.74) is 1.44. The van der Waals surface area contributed by atoms with Crippen LogP contribution in [0.4, 0.5) is 0 Å². The van der Waals surface area contributed by atoms with Gasteiger partial charge in [0.25, 0.3) is 0 Å². The molecule has 0 aromatic heterocycles. The van der Waals surface area contributed by atoms with Crippen molar-refractivity contribution in [2.24, 2.45) is 5.92 Å². The number of hydrogen-bond acceptors (Lipinski definition) is 4. The third-order valence-corrected chi connectivity index (χ3v) is 3.52. The summed E-state index contributed by atoms with van der Waals surface area (Å²) in [6.07, 6.45) is 2.53. The first-order valence-electron chi connectivity index (χ1n) is 6.61. The van der Waals surface area contributed by atoms with Crippen molar-refractivity contribution in [3.8, 4) is 5.75 Å². The molecule has 0 fully saturated rings. The number of carbonyl (C=O) groups is 1. The van der Waals surface area contributed by atoms with Crippen molar-refractivity contribution in [3.63, 3.8) is 0 Å². The normalized spacial score (nSPS) is 21.6. The molecule has 1 aromatic carbocycles. The highest BCUT2D eigenvalue weighted by atomic mass is 16.3. The molecule has 20 heavy (non-hydrogen) atoms. The maximum Gasteiger partial charge on any atom is 0.162 e. The summed E-state index contributed by atoms with van der Waals surface area (Å²) in [4.78, 5) is 11.4. The first kappa shape index (κ1) is 14.2. The number of hydrogen-bond donors (Lipinski definition) is 3. The Morgan fingerprint density at radius 3 is 2.55 bits per heavy atom. The van der Waals surface area contributed by atoms with Crippen LogP contribution in [0.25, 0.3) is 0 Å². The molecule has 0 spiro atoms. The van der Waals surface area contributed by atoms with Gasteiger partial charge in [-0.15, -0.1) is 0 Å². The lowest BCUT2D eigenvalue weighted by molar-refractivity contribution is -0.118. The van der Waals surface area contributed by atoms with Crippen LogP contribution in [0.3, 0.4) is 0 Å². The van der Waals surface area contributed by atoms with Crippen LogP contribution >= 0.6 is 0 Å². The van der Waals surface area contributed by atoms with Gasteiger partial charge in [-0.1, -0.05) is 19.1 Å². The molecular weight excluding hydrogens is 256 g/mol. The fraction of sp³-hybridized carbons (Fsp3) is 0.312. The van der Waals surface area contributed by atoms with E-state index in [4.69, 9.17) is 0 Å². The Morgan fingerprint density at radius 2 is 1.90 bits per heavy atom. The molecule has 1 aromatic rings. The number of rotatable bonds is 3. The van der Waals surface area contributed by atoms with Crippen molar-refractivity contribution in [2.75, 3.05) is 0 Å². The summed E-state index contributed by atoms with van der Waals surface area (Å²) >= 11 is 0. The van der Waals surface area contributed by atoms with E-state index < -0.39 is 0 Å². The molecule has 0 amide bonds. The lowest BCUT2D eigenvalue weighted by Gasteiger charge is -2.18. The van der Waals surface area contributed by atoms with Crippen LogP contribution in [0, 0.1) is 5.92 Å². The molecule has 1 aliphatic carbocycles. The number of aryl methyl sites for hydroxylation is 1. The molecule has 106 valence electrons. The average molecular weight is 274 g/mol. The van der Waals surface area contributed by atoms with Crippen LogP contribution in [0.2, 0.25) is 0 Å². The second kappa shape index (κ2) is 5.82. The van der Waals surface area contributed by atoms with Gasteiger partial charge in [-0.2, -0.15) is 0 Å². The number of phenols is 1. The standard InChI is InChI=1S/C16H18O4/c1-10-8-13(16(20)9-15(10)19)14(18)7-4-11-2-5-12(17)6-3-11/h2-3,5-6,9-10,17-18,20H,4,7-8H2,1H3. The Kier molecular flexibility index (Phi) is 4.13. The number of allylic oxidation sites excluding steroid dienone is 3. The SMILES string of the molecule is CC1CC(=C(O)CCc2ccc(O)cc2)C(O)=CC1=O. The molecule has 4 nitrogen and oxygen atoms in total. The van der Waals surface area contributed by atoms with Gasteiger partial charge in [0.15, 0.2) is 5.78 Å². The fourth-order valence-electron chi connectivity index (χ4n) is 2.22. The van der Waals surface area contributed by atoms with Crippen LogP contribution in [-0.2, 0) is 11.2 Å². The Balaban J connectivity index is 2.09. The molecule has 0 saturated heterocycles. The van der Waals surface area contributed by atoms with Crippen molar-refractivity contribution in [1.29, 1.82) is 0 Å². The van der Waals surface area contributed by atoms with Gasteiger partial charge in [0.1, 0.15) is 11.5 Å². The van der Waals surface area contributed by atoms with Crippen molar-refractivity contribution >= 4 is 5.78 Å². The Hall–Kier alpha value is -2.23. The maximum atomic E-state index is 11.4. The quantitative estimate of drug-likeness (QED) is 0.740. The zero-order valence-corrected chi connectivity index (χ0v) is 11.3. The van der Waals surface area contributed by atoms with Crippen molar-refractivity contribution in [3.05, 3.63) is 53.0 Å². The van der Waals surface area contributed by atoms with E-state index in [0.29, 0.717) is 24.8 Å². The Bertz CT molecular complexity index is 567. The van der Waals surface area contributed by atoms with E-state index in [2.05, 4.69) is 0 Å². The topological polar surface area (TPSA) is 77.8 Å². The Labute approximate surface area is 117 Å². The summed E-state index contributed by atoms with van der Waals surface area (Å²) in [5.74, 6) is -0.131. The third kappa shape index (κ3) is 3.20. The van der Waals surface area contributed by atoms with E-state index >= 15 is 0 Å². The van der Waals surface area contributed by atoms with E-state index in [9.17, 15) is 20.1 Å². The molecule has 3 N–H and O–H groups in total. The number of carbonyl (C=O) groups excluding carboxylic acids is 1. The molecule has 0 aliphatic heterocycles. The van der Waals surface area contributed by atoms with Gasteiger partial charge in [-0.25, -0.2) is 0 Å². The van der Waals surface area contributed by atoms with Crippen molar-refractivity contribution in [2.45, 2.75) is 26.2 Å². The van der Waals surface area contributed by atoms with Crippen LogP contribution in [-0.4, -0.2) is 21.1 Å². The molecule has 0 saturated carbocycles. The smallest absolute Gasteiger partial charge is 0.162 e. The first-order chi connectivity index (χ1) is 9.47. The number of benzene rings is 1.